The van der Waals surface area contributed by atoms with Gasteiger partial charge >= 0.3 is 5.97 Å². The van der Waals surface area contributed by atoms with Gasteiger partial charge in [0.15, 0.2) is 11.6 Å². The van der Waals surface area contributed by atoms with Crippen LogP contribution in [0.3, 0.4) is 0 Å². The number of aliphatic hydroxyl groups excluding tert-OH is 2. The molecule has 0 bridgehead atoms. The zero-order valence-corrected chi connectivity index (χ0v) is 19.3. The Morgan fingerprint density at radius 2 is 2.09 bits per heavy atom. The maximum absolute atomic E-state index is 13.6. The second-order valence-corrected chi connectivity index (χ2v) is 9.11. The highest BCUT2D eigenvalue weighted by molar-refractivity contribution is 5.70. The fourth-order valence-corrected chi connectivity index (χ4v) is 4.50. The van der Waals surface area contributed by atoms with E-state index in [0.717, 1.165) is 12.8 Å². The Kier molecular flexibility index (Phi) is 9.67. The molecule has 7 nitrogen and oxygen atoms in total. The Hall–Kier alpha value is -2.00. The van der Waals surface area contributed by atoms with Crippen molar-refractivity contribution >= 4 is 5.97 Å². The molecule has 2 N–H and O–H groups in total. The summed E-state index contributed by atoms with van der Waals surface area (Å²) in [7, 11) is 0. The van der Waals surface area contributed by atoms with Gasteiger partial charge in [0, 0.05) is 18.3 Å². The van der Waals surface area contributed by atoms with Crippen LogP contribution in [-0.2, 0) is 19.0 Å². The van der Waals surface area contributed by atoms with Gasteiger partial charge in [-0.25, -0.2) is 9.18 Å². The lowest BCUT2D eigenvalue weighted by Gasteiger charge is -2.21. The number of benzene rings is 1. The highest BCUT2D eigenvalue weighted by atomic mass is 19.1. The summed E-state index contributed by atoms with van der Waals surface area (Å²) in [5, 5.41) is 20.8. The molecule has 1 aromatic rings. The van der Waals surface area contributed by atoms with Crippen molar-refractivity contribution in [2.24, 2.45) is 17.8 Å². The topological polar surface area (TPSA) is 94.5 Å². The summed E-state index contributed by atoms with van der Waals surface area (Å²) in [5.74, 6) is -0.598. The molecule has 1 aliphatic heterocycles. The number of hydrogen-bond donors (Lipinski definition) is 2. The third-order valence-electron chi connectivity index (χ3n) is 6.09. The molecule has 0 aromatic heterocycles. The molecule has 184 valence electrons. The highest BCUT2D eigenvalue weighted by Gasteiger charge is 2.43. The number of aliphatic hydroxyl groups is 2. The Morgan fingerprint density at radius 3 is 2.85 bits per heavy atom. The van der Waals surface area contributed by atoms with Crippen LogP contribution in [0.25, 0.3) is 0 Å². The zero-order chi connectivity index (χ0) is 23.8. The van der Waals surface area contributed by atoms with E-state index < -0.39 is 18.0 Å². The Balaban J connectivity index is 1.46. The lowest BCUT2D eigenvalue weighted by Crippen LogP contribution is -2.22. The Labute approximate surface area is 194 Å². The quantitative estimate of drug-likeness (QED) is 0.404. The molecule has 2 fully saturated rings. The fourth-order valence-electron chi connectivity index (χ4n) is 4.50. The standard InChI is InChI=1S/C25H35FO7/c1-16(2)33-25(29)15-30-12-17-7-9-20-19(22(28)11-24(20)31-13-17)10-8-18(27)14-32-23-6-4-3-5-21(23)26/h3-6,8,10,16-20,22,24,27-28H,7,9,11-15H2,1-2H3/b10-8+/t17-,18-,19-,20-,22-,24+/m1/s1. The molecule has 0 radical (unpaired) electrons. The third kappa shape index (κ3) is 7.78. The number of ether oxygens (including phenoxy) is 4. The molecule has 1 saturated carbocycles. The second kappa shape index (κ2) is 12.5. The van der Waals surface area contributed by atoms with E-state index in [1.54, 1.807) is 32.1 Å². The molecule has 1 aliphatic carbocycles. The van der Waals surface area contributed by atoms with Crippen molar-refractivity contribution in [2.75, 3.05) is 26.4 Å². The average molecular weight is 467 g/mol. The summed E-state index contributed by atoms with van der Waals surface area (Å²) in [6, 6.07) is 6.04. The molecule has 0 unspecified atom stereocenters. The van der Waals surface area contributed by atoms with Crippen LogP contribution in [0.15, 0.2) is 36.4 Å². The molecule has 8 heteroatoms. The molecular weight excluding hydrogens is 431 g/mol. The van der Waals surface area contributed by atoms with E-state index in [4.69, 9.17) is 18.9 Å². The first kappa shape index (κ1) is 25.6. The van der Waals surface area contributed by atoms with E-state index in [0.29, 0.717) is 19.6 Å². The van der Waals surface area contributed by atoms with Crippen molar-refractivity contribution in [1.82, 2.24) is 0 Å². The van der Waals surface area contributed by atoms with Crippen LogP contribution in [0, 0.1) is 23.6 Å². The van der Waals surface area contributed by atoms with Gasteiger partial charge in [0.25, 0.3) is 0 Å². The Bertz CT molecular complexity index is 784. The summed E-state index contributed by atoms with van der Waals surface area (Å²) in [6.45, 7) is 4.38. The van der Waals surface area contributed by atoms with E-state index in [9.17, 15) is 19.4 Å². The third-order valence-corrected chi connectivity index (χ3v) is 6.09. The summed E-state index contributed by atoms with van der Waals surface area (Å²) in [5.41, 5.74) is 0. The number of rotatable bonds is 10. The van der Waals surface area contributed by atoms with Gasteiger partial charge < -0.3 is 29.2 Å². The number of esters is 1. The van der Waals surface area contributed by atoms with Crippen LogP contribution in [-0.4, -0.2) is 67.0 Å². The minimum absolute atomic E-state index is 0.0580. The highest BCUT2D eigenvalue weighted by Crippen LogP contribution is 2.41. The fraction of sp³-hybridized carbons (Fsp3) is 0.640. The molecule has 1 aromatic carbocycles. The molecule has 2 aliphatic rings. The normalized spacial score (nSPS) is 28.5. The number of carbonyl (C=O) groups excluding carboxylic acids is 1. The van der Waals surface area contributed by atoms with Gasteiger partial charge in [-0.1, -0.05) is 24.3 Å². The van der Waals surface area contributed by atoms with E-state index in [2.05, 4.69) is 0 Å². The molecule has 6 atom stereocenters. The lowest BCUT2D eigenvalue weighted by molar-refractivity contribution is -0.153. The monoisotopic (exact) mass is 466 g/mol. The van der Waals surface area contributed by atoms with Crippen molar-refractivity contribution < 1.29 is 38.3 Å². The second-order valence-electron chi connectivity index (χ2n) is 9.11. The minimum Gasteiger partial charge on any atom is -0.487 e. The summed E-state index contributed by atoms with van der Waals surface area (Å²) in [6.07, 6.45) is 3.98. The van der Waals surface area contributed by atoms with Gasteiger partial charge in [-0.2, -0.15) is 0 Å². The van der Waals surface area contributed by atoms with Gasteiger partial charge in [0.2, 0.25) is 0 Å². The largest absolute Gasteiger partial charge is 0.487 e. The maximum atomic E-state index is 13.6. The molecule has 0 spiro atoms. The first-order chi connectivity index (χ1) is 15.8. The van der Waals surface area contributed by atoms with Gasteiger partial charge in [-0.3, -0.25) is 0 Å². The van der Waals surface area contributed by atoms with Crippen molar-refractivity contribution in [3.05, 3.63) is 42.2 Å². The van der Waals surface area contributed by atoms with E-state index in [1.807, 2.05) is 6.08 Å². The van der Waals surface area contributed by atoms with Crippen LogP contribution in [0.1, 0.15) is 33.1 Å². The summed E-state index contributed by atoms with van der Waals surface area (Å²) < 4.78 is 35.6. The number of hydrogen-bond acceptors (Lipinski definition) is 7. The molecule has 1 saturated heterocycles. The van der Waals surface area contributed by atoms with Crippen molar-refractivity contribution in [1.29, 1.82) is 0 Å². The van der Waals surface area contributed by atoms with E-state index in [1.165, 1.54) is 12.1 Å². The first-order valence-corrected chi connectivity index (χ1v) is 11.6. The molecule has 1 heterocycles. The first-order valence-electron chi connectivity index (χ1n) is 11.6. The molecule has 0 amide bonds. The molecular formula is C25H35FO7. The van der Waals surface area contributed by atoms with Crippen molar-refractivity contribution in [3.63, 3.8) is 0 Å². The van der Waals surface area contributed by atoms with Gasteiger partial charge in [-0.05, 0) is 44.7 Å². The van der Waals surface area contributed by atoms with Crippen LogP contribution in [0.5, 0.6) is 5.75 Å². The van der Waals surface area contributed by atoms with Gasteiger partial charge in [0.1, 0.15) is 19.3 Å². The number of fused-ring (bicyclic) bond motifs is 1. The van der Waals surface area contributed by atoms with Gasteiger partial charge in [-0.15, -0.1) is 0 Å². The minimum atomic E-state index is -0.922. The lowest BCUT2D eigenvalue weighted by atomic mass is 9.87. The molecule has 3 rings (SSSR count). The van der Waals surface area contributed by atoms with Gasteiger partial charge in [0.05, 0.1) is 31.5 Å². The van der Waals surface area contributed by atoms with Crippen LogP contribution >= 0.6 is 0 Å². The summed E-state index contributed by atoms with van der Waals surface area (Å²) in [4.78, 5) is 11.6. The van der Waals surface area contributed by atoms with Crippen molar-refractivity contribution in [2.45, 2.75) is 57.5 Å². The Morgan fingerprint density at radius 1 is 1.30 bits per heavy atom. The molecule has 33 heavy (non-hydrogen) atoms. The smallest absolute Gasteiger partial charge is 0.332 e. The number of carbonyl (C=O) groups is 1. The zero-order valence-electron chi connectivity index (χ0n) is 19.3. The predicted octanol–water partition coefficient (Wildman–Crippen LogP) is 2.88. The SMILES string of the molecule is CC(C)OC(=O)COC[C@H]1CC[C@@H]2[C@@H](/C=C/[C@@H](O)COc3ccccc3F)[C@H](O)C[C@@H]2OC1. The summed E-state index contributed by atoms with van der Waals surface area (Å²) >= 11 is 0. The van der Waals surface area contributed by atoms with Crippen molar-refractivity contribution in [3.8, 4) is 5.75 Å². The predicted molar refractivity (Wildman–Crippen MR) is 119 cm³/mol. The van der Waals surface area contributed by atoms with E-state index >= 15 is 0 Å². The van der Waals surface area contributed by atoms with E-state index in [-0.39, 0.29) is 54.9 Å². The van der Waals surface area contributed by atoms with Crippen LogP contribution < -0.4 is 4.74 Å². The number of para-hydroxylation sites is 1. The van der Waals surface area contributed by atoms with Crippen LogP contribution in [0.2, 0.25) is 0 Å². The number of halogens is 1. The average Bonchev–Trinajstić information content (AvgIpc) is 2.92. The maximum Gasteiger partial charge on any atom is 0.332 e. The van der Waals surface area contributed by atoms with Crippen LogP contribution in [0.4, 0.5) is 4.39 Å².